The van der Waals surface area contributed by atoms with Crippen molar-refractivity contribution in [3.8, 4) is 0 Å². The smallest absolute Gasteiger partial charge is 0.211 e. The Balaban J connectivity index is 3.65. The molecule has 0 unspecified atom stereocenters. The van der Waals surface area contributed by atoms with Gasteiger partial charge in [-0.25, -0.2) is 0 Å². The van der Waals surface area contributed by atoms with Crippen LogP contribution in [0.4, 0.5) is 0 Å². The number of hydrogen-bond donors (Lipinski definition) is 2. The van der Waals surface area contributed by atoms with Gasteiger partial charge in [0.25, 0.3) is 0 Å². The van der Waals surface area contributed by atoms with E-state index in [-0.39, 0.29) is 5.31 Å². The Morgan fingerprint density at radius 3 is 2.62 bits per heavy atom. The molecule has 0 aromatic rings. The lowest BCUT2D eigenvalue weighted by Crippen LogP contribution is -2.30. The van der Waals surface area contributed by atoms with Crippen LogP contribution in [0.25, 0.3) is 0 Å². The number of aliphatic imine (C=N–C) groups is 1. The molecule has 0 fully saturated rings. The Morgan fingerprint density at radius 1 is 1.54 bits per heavy atom. The maximum atomic E-state index is 5.68. The van der Waals surface area contributed by atoms with Crippen LogP contribution < -0.4 is 11.0 Å². The topological polar surface area (TPSA) is 50.4 Å². The quantitative estimate of drug-likeness (QED) is 0.500. The highest BCUT2D eigenvalue weighted by molar-refractivity contribution is 6.36. The fourth-order valence-electron chi connectivity index (χ4n) is 0.704. The lowest BCUT2D eigenvalue weighted by Gasteiger charge is -2.16. The van der Waals surface area contributed by atoms with Crippen molar-refractivity contribution in [1.82, 2.24) is 5.23 Å². The summed E-state index contributed by atoms with van der Waals surface area (Å²) < 4.78 is 0. The van der Waals surface area contributed by atoms with Crippen molar-refractivity contribution in [2.45, 2.75) is 26.1 Å². The van der Waals surface area contributed by atoms with Crippen LogP contribution in [0.15, 0.2) is 16.8 Å². The van der Waals surface area contributed by atoms with Crippen molar-refractivity contribution in [3.05, 3.63) is 11.8 Å². The average molecular weight is 180 g/mol. The zero-order valence-electron chi connectivity index (χ0n) is 8.96. The van der Waals surface area contributed by atoms with Gasteiger partial charge in [-0.05, 0) is 11.4 Å². The monoisotopic (exact) mass is 180 g/mol. The van der Waals surface area contributed by atoms with E-state index < -0.39 is 0 Å². The molecule has 0 saturated carbocycles. The van der Waals surface area contributed by atoms with Gasteiger partial charge in [-0.2, -0.15) is 0 Å². The highest BCUT2D eigenvalue weighted by atomic mass is 14.8. The number of nitrogens with two attached hydrogens (primary N) is 1. The van der Waals surface area contributed by atoms with Crippen LogP contribution in [0, 0.1) is 0 Å². The Kier molecular flexibility index (Phi) is 5.47. The van der Waals surface area contributed by atoms with Gasteiger partial charge in [-0.15, -0.1) is 0 Å². The third-order valence-corrected chi connectivity index (χ3v) is 1.28. The molecule has 0 aliphatic heterocycles. The predicted molar refractivity (Wildman–Crippen MR) is 60.2 cm³/mol. The minimum Gasteiger partial charge on any atom is -0.401 e. The maximum absolute atomic E-state index is 5.68. The molecule has 3 N–H and O–H groups in total. The summed E-state index contributed by atoms with van der Waals surface area (Å²) in [6.45, 7) is 7.07. The van der Waals surface area contributed by atoms with Gasteiger partial charge in [-0.3, -0.25) is 4.99 Å². The molecule has 0 bridgehead atoms. The minimum atomic E-state index is 0.180. The van der Waals surface area contributed by atoms with E-state index in [0.29, 0.717) is 6.54 Å². The molecule has 73 valence electrons. The van der Waals surface area contributed by atoms with Crippen molar-refractivity contribution in [3.63, 3.8) is 0 Å². The molecule has 0 aliphatic carbocycles. The first kappa shape index (κ1) is 12.2. The van der Waals surface area contributed by atoms with Crippen LogP contribution >= 0.6 is 0 Å². The Bertz CT molecular complexity index is 192. The standard InChI is InChI=1S/C9H19BN3/c1-9(2,3)10-13-7-8(11)5-6-12-4/h5-6,13H,7,11H2,1-4H3. The highest BCUT2D eigenvalue weighted by Crippen LogP contribution is 2.17. The van der Waals surface area contributed by atoms with Gasteiger partial charge in [0, 0.05) is 25.5 Å². The lowest BCUT2D eigenvalue weighted by atomic mass is 9.64. The first-order chi connectivity index (χ1) is 5.95. The van der Waals surface area contributed by atoms with Gasteiger partial charge in [0.15, 0.2) is 0 Å². The Labute approximate surface area is 81.8 Å². The second-order valence-electron chi connectivity index (χ2n) is 4.04. The largest absolute Gasteiger partial charge is 0.401 e. The molecule has 0 saturated heterocycles. The van der Waals surface area contributed by atoms with Crippen LogP contribution in [-0.2, 0) is 0 Å². The van der Waals surface area contributed by atoms with E-state index in [4.69, 9.17) is 5.73 Å². The molecule has 0 atom stereocenters. The SMILES string of the molecule is CN=CC=C(N)CN[B]C(C)(C)C. The van der Waals surface area contributed by atoms with E-state index >= 15 is 0 Å². The zero-order valence-corrected chi connectivity index (χ0v) is 8.96. The van der Waals surface area contributed by atoms with Gasteiger partial charge in [0.2, 0.25) is 7.41 Å². The normalized spacial score (nSPS) is 13.7. The highest BCUT2D eigenvalue weighted by Gasteiger charge is 2.11. The summed E-state index contributed by atoms with van der Waals surface area (Å²) in [6, 6.07) is 0. The first-order valence-corrected chi connectivity index (χ1v) is 4.40. The molecular formula is C9H19BN3. The number of hydrogen-bond acceptors (Lipinski definition) is 3. The molecular weight excluding hydrogens is 161 g/mol. The molecule has 4 heteroatoms. The van der Waals surface area contributed by atoms with Gasteiger partial charge in [0.05, 0.1) is 0 Å². The van der Waals surface area contributed by atoms with Crippen molar-refractivity contribution < 1.29 is 0 Å². The second kappa shape index (κ2) is 5.81. The van der Waals surface area contributed by atoms with Gasteiger partial charge in [-0.1, -0.05) is 20.8 Å². The maximum Gasteiger partial charge on any atom is 0.211 e. The van der Waals surface area contributed by atoms with Crippen LogP contribution in [0.1, 0.15) is 20.8 Å². The van der Waals surface area contributed by atoms with E-state index in [9.17, 15) is 0 Å². The molecule has 1 radical (unpaired) electrons. The molecule has 0 aromatic heterocycles. The summed E-state index contributed by atoms with van der Waals surface area (Å²) in [5.74, 6) is 0. The summed E-state index contributed by atoms with van der Waals surface area (Å²) in [5.41, 5.74) is 6.46. The molecule has 0 heterocycles. The third-order valence-electron chi connectivity index (χ3n) is 1.28. The van der Waals surface area contributed by atoms with Gasteiger partial charge < -0.3 is 11.0 Å². The second-order valence-corrected chi connectivity index (χ2v) is 4.04. The van der Waals surface area contributed by atoms with Crippen LogP contribution in [-0.4, -0.2) is 27.2 Å². The van der Waals surface area contributed by atoms with E-state index in [1.807, 2.05) is 7.41 Å². The number of nitrogens with one attached hydrogen (secondary N) is 1. The van der Waals surface area contributed by atoms with E-state index in [2.05, 4.69) is 31.0 Å². The van der Waals surface area contributed by atoms with Crippen LogP contribution in [0.3, 0.4) is 0 Å². The molecule has 0 aromatic carbocycles. The summed E-state index contributed by atoms with van der Waals surface area (Å²) in [5, 5.41) is 3.33. The number of nitrogens with zero attached hydrogens (tertiary/aromatic N) is 1. The fraction of sp³-hybridized carbons (Fsp3) is 0.667. The third kappa shape index (κ3) is 9.15. The van der Waals surface area contributed by atoms with Crippen molar-refractivity contribution >= 4 is 13.6 Å². The molecule has 0 spiro atoms. The number of allylic oxidation sites excluding steroid dienone is 1. The van der Waals surface area contributed by atoms with Crippen LogP contribution in [0.2, 0.25) is 5.31 Å². The summed E-state index contributed by atoms with van der Waals surface area (Å²) in [6.07, 6.45) is 3.48. The first-order valence-electron chi connectivity index (χ1n) is 4.40. The Morgan fingerprint density at radius 2 is 2.15 bits per heavy atom. The molecule has 3 nitrogen and oxygen atoms in total. The predicted octanol–water partition coefficient (Wildman–Crippen LogP) is 0.957. The van der Waals surface area contributed by atoms with Crippen molar-refractivity contribution in [2.75, 3.05) is 13.6 Å². The Hall–Kier alpha value is -0.765. The minimum absolute atomic E-state index is 0.180. The molecule has 0 aliphatic rings. The fourth-order valence-corrected chi connectivity index (χ4v) is 0.704. The summed E-state index contributed by atoms with van der Waals surface area (Å²) >= 11 is 0. The average Bonchev–Trinajstić information content (AvgIpc) is 1.98. The van der Waals surface area contributed by atoms with E-state index in [0.717, 1.165) is 5.70 Å². The summed E-state index contributed by atoms with van der Waals surface area (Å²) in [7, 11) is 3.76. The van der Waals surface area contributed by atoms with Crippen molar-refractivity contribution in [2.24, 2.45) is 10.7 Å². The summed E-state index contributed by atoms with van der Waals surface area (Å²) in [4.78, 5) is 3.81. The van der Waals surface area contributed by atoms with Gasteiger partial charge >= 0.3 is 0 Å². The van der Waals surface area contributed by atoms with Crippen molar-refractivity contribution in [1.29, 1.82) is 0 Å². The molecule has 13 heavy (non-hydrogen) atoms. The van der Waals surface area contributed by atoms with E-state index in [1.54, 1.807) is 19.3 Å². The van der Waals surface area contributed by atoms with Crippen LogP contribution in [0.5, 0.6) is 0 Å². The number of rotatable bonds is 4. The van der Waals surface area contributed by atoms with E-state index in [1.165, 1.54) is 0 Å². The molecule has 0 rings (SSSR count). The van der Waals surface area contributed by atoms with Gasteiger partial charge in [0.1, 0.15) is 0 Å². The zero-order chi connectivity index (χ0) is 10.3. The molecule has 0 amide bonds. The lowest BCUT2D eigenvalue weighted by molar-refractivity contribution is 0.733.